The van der Waals surface area contributed by atoms with E-state index in [9.17, 15) is 9.59 Å². The van der Waals surface area contributed by atoms with Crippen molar-refractivity contribution in [3.05, 3.63) is 14.7 Å². The molecule has 0 radical (unpaired) electrons. The maximum atomic E-state index is 13.9. The molecule has 4 nitrogen and oxygen atoms in total. The van der Waals surface area contributed by atoms with Crippen LogP contribution in [0.25, 0.3) is 0 Å². The number of halogens is 1. The number of thiophene rings is 1. The number of rotatable bonds is 6. The molecule has 0 bridgehead atoms. The van der Waals surface area contributed by atoms with Gasteiger partial charge >= 0.3 is 0 Å². The lowest BCUT2D eigenvalue weighted by molar-refractivity contribution is -0.124. The number of hydrogen-bond acceptors (Lipinski definition) is 4. The first kappa shape index (κ1) is 27.1. The minimum Gasteiger partial charge on any atom is -0.414 e. The van der Waals surface area contributed by atoms with Crippen LogP contribution in [0.5, 0.6) is 0 Å². The summed E-state index contributed by atoms with van der Waals surface area (Å²) in [6, 6.07) is 2.12. The van der Waals surface area contributed by atoms with Gasteiger partial charge in [-0.1, -0.05) is 27.7 Å². The molecule has 0 saturated heterocycles. The number of hydrogen-bond donors (Lipinski definition) is 0. The largest absolute Gasteiger partial charge is 0.414 e. The van der Waals surface area contributed by atoms with Crippen molar-refractivity contribution in [3.8, 4) is 0 Å². The molecule has 1 aromatic rings. The molecule has 3 rings (SSSR count). The third-order valence-corrected chi connectivity index (χ3v) is 14.4. The Bertz CT molecular complexity index is 846. The summed E-state index contributed by atoms with van der Waals surface area (Å²) in [4.78, 5) is 29.1. The second-order valence-electron chi connectivity index (χ2n) is 11.8. The van der Waals surface area contributed by atoms with Gasteiger partial charge in [-0.05, 0) is 97.4 Å². The summed E-state index contributed by atoms with van der Waals surface area (Å²) >= 11 is 5.02. The van der Waals surface area contributed by atoms with Crippen LogP contribution in [0.1, 0.15) is 95.7 Å². The maximum Gasteiger partial charge on any atom is 0.230 e. The second-order valence-corrected chi connectivity index (χ2v) is 19.0. The molecule has 7 heteroatoms. The Balaban J connectivity index is 1.81. The zero-order valence-electron chi connectivity index (χ0n) is 21.5. The van der Waals surface area contributed by atoms with Gasteiger partial charge in [0.1, 0.15) is 0 Å². The van der Waals surface area contributed by atoms with E-state index in [4.69, 9.17) is 4.43 Å². The van der Waals surface area contributed by atoms with Crippen LogP contribution in [0, 0.1) is 11.8 Å². The van der Waals surface area contributed by atoms with Crippen molar-refractivity contribution in [1.29, 1.82) is 0 Å². The number of carbonyl (C=O) groups is 2. The minimum atomic E-state index is -1.81. The number of nitrogens with zero attached hydrogens (tertiary/aromatic N) is 1. The summed E-state index contributed by atoms with van der Waals surface area (Å²) in [6.07, 6.45) is 8.23. The van der Waals surface area contributed by atoms with Crippen LogP contribution in [-0.2, 0) is 9.22 Å². The monoisotopic (exact) mass is 555 g/mol. The summed E-state index contributed by atoms with van der Waals surface area (Å²) in [6.45, 7) is 15.4. The van der Waals surface area contributed by atoms with Crippen molar-refractivity contribution in [2.75, 3.05) is 4.90 Å². The van der Waals surface area contributed by atoms with Gasteiger partial charge in [0.15, 0.2) is 14.1 Å². The molecule has 0 aliphatic heterocycles. The van der Waals surface area contributed by atoms with Gasteiger partial charge in [-0.3, -0.25) is 9.59 Å². The quantitative estimate of drug-likeness (QED) is 0.262. The van der Waals surface area contributed by atoms with E-state index in [2.05, 4.69) is 56.7 Å². The zero-order chi connectivity index (χ0) is 24.6. The first-order valence-corrected chi connectivity index (χ1v) is 17.1. The van der Waals surface area contributed by atoms with Crippen LogP contribution in [0.15, 0.2) is 9.85 Å². The topological polar surface area (TPSA) is 46.6 Å². The highest BCUT2D eigenvalue weighted by Gasteiger charge is 2.41. The van der Waals surface area contributed by atoms with Crippen LogP contribution < -0.4 is 4.90 Å². The van der Waals surface area contributed by atoms with Crippen molar-refractivity contribution >= 4 is 53.0 Å². The van der Waals surface area contributed by atoms with Gasteiger partial charge in [0, 0.05) is 25.0 Å². The molecule has 33 heavy (non-hydrogen) atoms. The van der Waals surface area contributed by atoms with Crippen molar-refractivity contribution < 1.29 is 14.0 Å². The molecule has 186 valence electrons. The molecule has 1 heterocycles. The van der Waals surface area contributed by atoms with Crippen LogP contribution in [0.4, 0.5) is 5.69 Å². The Morgan fingerprint density at radius 2 is 1.64 bits per heavy atom. The third-order valence-electron chi connectivity index (χ3n) is 8.14. The van der Waals surface area contributed by atoms with Crippen molar-refractivity contribution in [1.82, 2.24) is 0 Å². The number of Topliss-reactive ketones (excluding diaryl/α,β-unsaturated/α-hetero) is 1. The lowest BCUT2D eigenvalue weighted by Gasteiger charge is -2.43. The van der Waals surface area contributed by atoms with E-state index in [-0.39, 0.29) is 34.8 Å². The van der Waals surface area contributed by atoms with Gasteiger partial charge in [-0.15, -0.1) is 11.3 Å². The predicted octanol–water partition coefficient (Wildman–Crippen LogP) is 8.21. The van der Waals surface area contributed by atoms with Crippen molar-refractivity contribution in [3.63, 3.8) is 0 Å². The number of amides is 1. The van der Waals surface area contributed by atoms with E-state index in [1.54, 1.807) is 6.92 Å². The van der Waals surface area contributed by atoms with E-state index in [0.717, 1.165) is 60.8 Å². The molecule has 2 fully saturated rings. The SMILES string of the molecule is CC(=O)c1sc(Br)cc1N(C(=O)C1CCC(C)CC1)C1CCC(O[Si](C)(C)C(C)(C)C)CC1. The standard InChI is InChI=1S/C26H42BrNO3SSi/c1-17-8-10-19(11-9-17)25(30)28(22-16-23(27)32-24(22)18(2)29)20-12-14-21(15-13-20)31-33(6,7)26(3,4)5/h16-17,19-21H,8-15H2,1-7H3. The zero-order valence-corrected chi connectivity index (χ0v) is 24.9. The minimum absolute atomic E-state index is 0.0331. The number of carbonyl (C=O) groups excluding carboxylic acids is 2. The molecule has 0 N–H and O–H groups in total. The van der Waals surface area contributed by atoms with Gasteiger partial charge in [-0.2, -0.15) is 0 Å². The maximum absolute atomic E-state index is 13.9. The Kier molecular flexibility index (Phi) is 8.73. The van der Waals surface area contributed by atoms with E-state index in [1.807, 2.05) is 11.0 Å². The van der Waals surface area contributed by atoms with Gasteiger partial charge in [0.05, 0.1) is 14.4 Å². The van der Waals surface area contributed by atoms with Gasteiger partial charge in [0.25, 0.3) is 0 Å². The van der Waals surface area contributed by atoms with Gasteiger partial charge < -0.3 is 9.33 Å². The van der Waals surface area contributed by atoms with Crippen molar-refractivity contribution in [2.24, 2.45) is 11.8 Å². The average Bonchev–Trinajstić information content (AvgIpc) is 3.10. The molecule has 0 atom stereocenters. The molecule has 1 amide bonds. The molecular formula is C26H42BrNO3SSi. The Hall–Kier alpha value is -0.503. The fourth-order valence-corrected chi connectivity index (χ4v) is 7.89. The number of anilines is 1. The summed E-state index contributed by atoms with van der Waals surface area (Å²) in [7, 11) is -1.81. The molecular weight excluding hydrogens is 514 g/mol. The van der Waals surface area contributed by atoms with Crippen molar-refractivity contribution in [2.45, 2.75) is 116 Å². The molecule has 0 unspecified atom stereocenters. The summed E-state index contributed by atoms with van der Waals surface area (Å²) in [5, 5.41) is 0.198. The Morgan fingerprint density at radius 3 is 2.15 bits per heavy atom. The second kappa shape index (κ2) is 10.6. The Morgan fingerprint density at radius 1 is 1.06 bits per heavy atom. The van der Waals surface area contributed by atoms with Crippen LogP contribution >= 0.6 is 27.3 Å². The normalized spacial score (nSPS) is 26.8. The fraction of sp³-hybridized carbons (Fsp3) is 0.769. The van der Waals surface area contributed by atoms with Crippen LogP contribution in [0.3, 0.4) is 0 Å². The number of ketones is 1. The molecule has 1 aromatic heterocycles. The fourth-order valence-electron chi connectivity index (χ4n) is 5.00. The highest BCUT2D eigenvalue weighted by Crippen LogP contribution is 2.42. The third kappa shape index (κ3) is 6.39. The van der Waals surface area contributed by atoms with E-state index in [0.29, 0.717) is 10.8 Å². The van der Waals surface area contributed by atoms with Gasteiger partial charge in [-0.25, -0.2) is 0 Å². The van der Waals surface area contributed by atoms with E-state index in [1.165, 1.54) is 11.3 Å². The molecule has 2 aliphatic carbocycles. The van der Waals surface area contributed by atoms with E-state index >= 15 is 0 Å². The molecule has 0 aromatic carbocycles. The smallest absolute Gasteiger partial charge is 0.230 e. The van der Waals surface area contributed by atoms with Gasteiger partial charge in [0.2, 0.25) is 5.91 Å². The first-order valence-electron chi connectivity index (χ1n) is 12.6. The van der Waals surface area contributed by atoms with Crippen LogP contribution in [-0.4, -0.2) is 32.2 Å². The van der Waals surface area contributed by atoms with E-state index < -0.39 is 8.32 Å². The highest BCUT2D eigenvalue weighted by molar-refractivity contribution is 9.11. The lowest BCUT2D eigenvalue weighted by atomic mass is 9.81. The molecule has 2 aliphatic rings. The average molecular weight is 557 g/mol. The first-order chi connectivity index (χ1) is 15.3. The summed E-state index contributed by atoms with van der Waals surface area (Å²) in [5.74, 6) is 1.03. The predicted molar refractivity (Wildman–Crippen MR) is 145 cm³/mol. The molecule has 0 spiro atoms. The highest BCUT2D eigenvalue weighted by atomic mass is 79.9. The summed E-state index contributed by atoms with van der Waals surface area (Å²) < 4.78 is 7.62. The lowest BCUT2D eigenvalue weighted by Crippen LogP contribution is -2.49. The van der Waals surface area contributed by atoms with Crippen LogP contribution in [0.2, 0.25) is 18.1 Å². The summed E-state index contributed by atoms with van der Waals surface area (Å²) in [5.41, 5.74) is 0.816. The Labute approximate surface area is 214 Å². The molecule has 2 saturated carbocycles.